The van der Waals surface area contributed by atoms with Gasteiger partial charge in [-0.3, -0.25) is 4.18 Å². The van der Waals surface area contributed by atoms with E-state index in [-0.39, 0.29) is 29.7 Å². The van der Waals surface area contributed by atoms with E-state index in [1.807, 2.05) is 20.8 Å². The molecule has 0 spiro atoms. The Morgan fingerprint density at radius 3 is 2.14 bits per heavy atom. The van der Waals surface area contributed by atoms with E-state index in [2.05, 4.69) is 39.2 Å². The van der Waals surface area contributed by atoms with E-state index in [0.29, 0.717) is 12.8 Å². The van der Waals surface area contributed by atoms with Crippen LogP contribution in [0.5, 0.6) is 0 Å². The summed E-state index contributed by atoms with van der Waals surface area (Å²) >= 11 is 0. The van der Waals surface area contributed by atoms with Gasteiger partial charge in [-0.15, -0.1) is 0 Å². The molecule has 0 aliphatic heterocycles. The minimum atomic E-state index is -3.47. The Balaban J connectivity index is 2.90. The summed E-state index contributed by atoms with van der Waals surface area (Å²) in [7, 11) is -5.55. The second-order valence-electron chi connectivity index (χ2n) is 10.3. The van der Waals surface area contributed by atoms with E-state index in [1.165, 1.54) is 0 Å². The fraction of sp³-hybridized carbons (Fsp3) is 0.947. The number of amides is 1. The maximum Gasteiger partial charge on any atom is 0.407 e. The molecule has 0 aromatic rings. The van der Waals surface area contributed by atoms with Crippen molar-refractivity contribution >= 4 is 24.5 Å². The Kier molecular flexibility index (Phi) is 8.18. The molecule has 9 heteroatoms. The highest BCUT2D eigenvalue weighted by molar-refractivity contribution is 7.85. The topological polar surface area (TPSA) is 90.9 Å². The molecule has 1 aliphatic rings. The van der Waals surface area contributed by atoms with Crippen LogP contribution >= 0.6 is 0 Å². The number of carbonyl (C=O) groups excluding carboxylic acids is 1. The molecule has 1 rings (SSSR count). The smallest absolute Gasteiger partial charge is 0.407 e. The number of alkyl carbamates (subject to hydrolysis) is 1. The van der Waals surface area contributed by atoms with Crippen molar-refractivity contribution < 1.29 is 26.6 Å². The normalized spacial score (nSPS) is 24.7. The summed E-state index contributed by atoms with van der Waals surface area (Å²) in [5, 5.41) is 3.00. The lowest BCUT2D eigenvalue weighted by atomic mass is 9.84. The lowest BCUT2D eigenvalue weighted by Gasteiger charge is -2.44. The standard InChI is InChI=1S/C19H39NO6SSi/c1-18(2,3)25-17(21)20-15-11-10-14(13-24-27(7,22)23)12-16(15)26-28(8,9)19(4,5)6/h14-16H,10-13H2,1-9H3,(H,20,21)/t14-,15-,16+/m1/s1. The maximum absolute atomic E-state index is 12.3. The van der Waals surface area contributed by atoms with Gasteiger partial charge in [0.1, 0.15) is 5.60 Å². The van der Waals surface area contributed by atoms with E-state index in [0.717, 1.165) is 12.7 Å². The lowest BCUT2D eigenvalue weighted by molar-refractivity contribution is 0.0290. The molecular formula is C19H39NO6SSi. The summed E-state index contributed by atoms with van der Waals surface area (Å²) in [6, 6.07) is -0.168. The summed E-state index contributed by atoms with van der Waals surface area (Å²) < 4.78 is 39.7. The highest BCUT2D eigenvalue weighted by Crippen LogP contribution is 2.40. The largest absolute Gasteiger partial charge is 0.444 e. The minimum absolute atomic E-state index is 0.0275. The first kappa shape index (κ1) is 25.4. The van der Waals surface area contributed by atoms with Crippen LogP contribution in [0.3, 0.4) is 0 Å². The van der Waals surface area contributed by atoms with Crippen molar-refractivity contribution in [3.8, 4) is 0 Å². The van der Waals surface area contributed by atoms with Gasteiger partial charge in [-0.05, 0) is 64.1 Å². The Morgan fingerprint density at radius 1 is 1.11 bits per heavy atom. The van der Waals surface area contributed by atoms with E-state index in [4.69, 9.17) is 13.3 Å². The van der Waals surface area contributed by atoms with E-state index in [1.54, 1.807) is 0 Å². The number of carbonyl (C=O) groups is 1. The SMILES string of the molecule is CC(C)(C)OC(=O)N[C@@H]1CC[C@@H](COS(C)(=O)=O)C[C@@H]1O[Si](C)(C)C(C)(C)C. The Morgan fingerprint density at radius 2 is 1.68 bits per heavy atom. The number of ether oxygens (including phenoxy) is 1. The van der Waals surface area contributed by atoms with Crippen LogP contribution in [-0.2, 0) is 23.5 Å². The first-order chi connectivity index (χ1) is 12.4. The van der Waals surface area contributed by atoms with Gasteiger partial charge in [-0.1, -0.05) is 20.8 Å². The quantitative estimate of drug-likeness (QED) is 0.498. The zero-order chi connectivity index (χ0) is 22.0. The van der Waals surface area contributed by atoms with E-state index in [9.17, 15) is 13.2 Å². The van der Waals surface area contributed by atoms with Crippen molar-refractivity contribution in [2.45, 2.75) is 96.7 Å². The van der Waals surface area contributed by atoms with Gasteiger partial charge >= 0.3 is 6.09 Å². The van der Waals surface area contributed by atoms with Gasteiger partial charge in [0.05, 0.1) is 25.0 Å². The molecule has 3 atom stereocenters. The third kappa shape index (κ3) is 8.80. The monoisotopic (exact) mass is 437 g/mol. The third-order valence-electron chi connectivity index (χ3n) is 5.37. The number of hydrogen-bond donors (Lipinski definition) is 1. The molecule has 7 nitrogen and oxygen atoms in total. The molecule has 0 bridgehead atoms. The van der Waals surface area contributed by atoms with Crippen molar-refractivity contribution in [3.63, 3.8) is 0 Å². The van der Waals surface area contributed by atoms with Crippen LogP contribution < -0.4 is 5.32 Å². The summed E-state index contributed by atoms with van der Waals surface area (Å²) in [6.07, 6.45) is 2.50. The molecule has 1 N–H and O–H groups in total. The Bertz CT molecular complexity index is 636. The maximum atomic E-state index is 12.3. The number of nitrogens with one attached hydrogen (secondary N) is 1. The van der Waals surface area contributed by atoms with Gasteiger partial charge < -0.3 is 14.5 Å². The van der Waals surface area contributed by atoms with Gasteiger partial charge in [0.15, 0.2) is 8.32 Å². The van der Waals surface area contributed by atoms with E-state index < -0.39 is 30.1 Å². The molecule has 0 aromatic carbocycles. The van der Waals surface area contributed by atoms with Crippen LogP contribution in [-0.4, -0.2) is 53.4 Å². The summed E-state index contributed by atoms with van der Waals surface area (Å²) in [5.74, 6) is 0.0705. The first-order valence-electron chi connectivity index (χ1n) is 9.91. The fourth-order valence-corrected chi connectivity index (χ4v) is 4.70. The van der Waals surface area contributed by atoms with Gasteiger partial charge in [0.25, 0.3) is 10.1 Å². The molecule has 0 aromatic heterocycles. The highest BCUT2D eigenvalue weighted by Gasteiger charge is 2.43. The minimum Gasteiger partial charge on any atom is -0.444 e. The molecule has 0 heterocycles. The average Bonchev–Trinajstić information content (AvgIpc) is 2.43. The third-order valence-corrected chi connectivity index (χ3v) is 10.4. The molecule has 1 aliphatic carbocycles. The summed E-state index contributed by atoms with van der Waals surface area (Å²) in [6.45, 7) is 16.5. The number of hydrogen-bond acceptors (Lipinski definition) is 6. The molecule has 0 unspecified atom stereocenters. The van der Waals surface area contributed by atoms with Crippen LogP contribution in [0.4, 0.5) is 4.79 Å². The van der Waals surface area contributed by atoms with Crippen molar-refractivity contribution in [1.29, 1.82) is 0 Å². The fourth-order valence-electron chi connectivity index (χ4n) is 2.89. The summed E-state index contributed by atoms with van der Waals surface area (Å²) in [5.41, 5.74) is -0.569. The molecule has 0 saturated heterocycles. The molecule has 0 radical (unpaired) electrons. The zero-order valence-electron chi connectivity index (χ0n) is 18.9. The van der Waals surface area contributed by atoms with Gasteiger partial charge in [-0.2, -0.15) is 8.42 Å². The van der Waals surface area contributed by atoms with Gasteiger partial charge in [0, 0.05) is 0 Å². The molecule has 1 saturated carbocycles. The molecule has 166 valence electrons. The van der Waals surface area contributed by atoms with Crippen molar-refractivity contribution in [3.05, 3.63) is 0 Å². The van der Waals surface area contributed by atoms with Crippen LogP contribution in [0.1, 0.15) is 60.8 Å². The van der Waals surface area contributed by atoms with Crippen LogP contribution in [0.25, 0.3) is 0 Å². The Labute approximate surface area is 172 Å². The second-order valence-corrected chi connectivity index (χ2v) is 16.7. The molecule has 28 heavy (non-hydrogen) atoms. The van der Waals surface area contributed by atoms with Crippen molar-refractivity contribution in [1.82, 2.24) is 5.32 Å². The zero-order valence-corrected chi connectivity index (χ0v) is 20.7. The van der Waals surface area contributed by atoms with Gasteiger partial charge in [0.2, 0.25) is 0 Å². The van der Waals surface area contributed by atoms with Gasteiger partial charge in [-0.25, -0.2) is 4.79 Å². The molecular weight excluding hydrogens is 398 g/mol. The Hall–Kier alpha value is -0.643. The van der Waals surface area contributed by atoms with E-state index >= 15 is 0 Å². The van der Waals surface area contributed by atoms with Crippen LogP contribution in [0, 0.1) is 5.92 Å². The average molecular weight is 438 g/mol. The first-order valence-corrected chi connectivity index (χ1v) is 14.6. The van der Waals surface area contributed by atoms with Crippen molar-refractivity contribution in [2.75, 3.05) is 12.9 Å². The molecule has 1 fully saturated rings. The van der Waals surface area contributed by atoms with Crippen LogP contribution in [0.2, 0.25) is 18.1 Å². The number of rotatable bonds is 6. The second kappa shape index (κ2) is 9.02. The van der Waals surface area contributed by atoms with Crippen molar-refractivity contribution in [2.24, 2.45) is 5.92 Å². The summed E-state index contributed by atoms with van der Waals surface area (Å²) in [4.78, 5) is 12.3. The lowest BCUT2D eigenvalue weighted by Crippen LogP contribution is -2.54. The predicted molar refractivity (Wildman–Crippen MR) is 113 cm³/mol. The van der Waals surface area contributed by atoms with Crippen LogP contribution in [0.15, 0.2) is 0 Å². The molecule has 1 amide bonds. The highest BCUT2D eigenvalue weighted by atomic mass is 32.2. The predicted octanol–water partition coefficient (Wildman–Crippen LogP) is 4.05.